The molecule has 0 atom stereocenters. The van der Waals surface area contributed by atoms with E-state index in [4.69, 9.17) is 5.14 Å². The summed E-state index contributed by atoms with van der Waals surface area (Å²) in [5.74, 6) is -3.86. The first kappa shape index (κ1) is 39.3. The van der Waals surface area contributed by atoms with Gasteiger partial charge in [-0.05, 0) is 56.3 Å². The fourth-order valence-electron chi connectivity index (χ4n) is 4.61. The van der Waals surface area contributed by atoms with Gasteiger partial charge in [-0.2, -0.15) is 10.2 Å². The minimum atomic E-state index is -3.96. The topological polar surface area (TPSA) is 272 Å². The van der Waals surface area contributed by atoms with Crippen LogP contribution in [0.25, 0.3) is 11.4 Å². The van der Waals surface area contributed by atoms with Crippen molar-refractivity contribution in [3.8, 4) is 23.1 Å². The second-order valence-corrected chi connectivity index (χ2v) is 12.3. The Hall–Kier alpha value is -6.52. The van der Waals surface area contributed by atoms with Crippen molar-refractivity contribution in [2.24, 2.45) is 25.6 Å². The van der Waals surface area contributed by atoms with E-state index < -0.39 is 33.7 Å². The number of carboxylic acid groups (broad SMARTS) is 2. The Kier molecular flexibility index (Phi) is 12.3. The van der Waals surface area contributed by atoms with Crippen molar-refractivity contribution >= 4 is 44.7 Å². The van der Waals surface area contributed by atoms with Crippen LogP contribution in [-0.2, 0) is 27.4 Å². The molecular formula is C34H26CrN9O8S. The molecule has 0 saturated carbocycles. The summed E-state index contributed by atoms with van der Waals surface area (Å²) in [7, 11) is -3.96. The number of rotatable bonds is 9. The molecule has 0 aliphatic heterocycles. The smallest absolute Gasteiger partial charge is 0.857 e. The molecule has 0 saturated heterocycles. The quantitative estimate of drug-likeness (QED) is 0.210. The van der Waals surface area contributed by atoms with Crippen LogP contribution < -0.4 is 25.6 Å². The van der Waals surface area contributed by atoms with Gasteiger partial charge in [0, 0.05) is 22.9 Å². The predicted molar refractivity (Wildman–Crippen MR) is 178 cm³/mol. The van der Waals surface area contributed by atoms with E-state index in [-0.39, 0.29) is 68.9 Å². The number of nitrogens with two attached hydrogens (primary N) is 1. The van der Waals surface area contributed by atoms with Crippen LogP contribution in [0, 0.1) is 13.8 Å². The molecule has 6 rings (SSSR count). The summed E-state index contributed by atoms with van der Waals surface area (Å²) in [5.41, 5.74) is 1.22. The maximum Gasteiger partial charge on any atom is 3.00 e. The third-order valence-corrected chi connectivity index (χ3v) is 8.04. The van der Waals surface area contributed by atoms with Gasteiger partial charge in [-0.3, -0.25) is 0 Å². The fourth-order valence-corrected chi connectivity index (χ4v) is 5.17. The van der Waals surface area contributed by atoms with E-state index in [1.807, 2.05) is 6.07 Å². The molecule has 6 aromatic rings. The third kappa shape index (κ3) is 9.05. The van der Waals surface area contributed by atoms with Crippen LogP contribution in [0.4, 0.5) is 22.7 Å². The molecule has 0 fully saturated rings. The average Bonchev–Trinajstić information content (AvgIpc) is 3.58. The van der Waals surface area contributed by atoms with Gasteiger partial charge in [-0.15, -0.1) is 20.5 Å². The summed E-state index contributed by atoms with van der Waals surface area (Å²) in [6.45, 7) is 3.15. The molecule has 0 unspecified atom stereocenters. The fraction of sp³-hybridized carbons (Fsp3) is 0.0588. The number of primary sulfonamides is 1. The number of para-hydroxylation sites is 1. The molecule has 2 heterocycles. The zero-order valence-electron chi connectivity index (χ0n) is 28.6. The van der Waals surface area contributed by atoms with Gasteiger partial charge < -0.3 is 30.0 Å². The van der Waals surface area contributed by atoms with E-state index in [2.05, 4.69) is 30.7 Å². The summed E-state index contributed by atoms with van der Waals surface area (Å²) in [4.78, 5) is 22.0. The Balaban J connectivity index is 0.000000283. The van der Waals surface area contributed by atoms with Gasteiger partial charge in [-0.1, -0.05) is 60.7 Å². The number of nitrogens with zero attached hydrogens (tertiary/aromatic N) is 8. The number of hydrogen-bond donors (Lipinski definition) is 1. The van der Waals surface area contributed by atoms with Crippen LogP contribution in [0.15, 0.2) is 128 Å². The van der Waals surface area contributed by atoms with Gasteiger partial charge in [0.2, 0.25) is 10.0 Å². The van der Waals surface area contributed by atoms with E-state index >= 15 is 0 Å². The molecule has 0 bridgehead atoms. The summed E-state index contributed by atoms with van der Waals surface area (Å²) in [5, 5.41) is 76.0. The van der Waals surface area contributed by atoms with Crippen molar-refractivity contribution in [3.05, 3.63) is 126 Å². The van der Waals surface area contributed by atoms with Crippen LogP contribution in [0.5, 0.6) is 11.8 Å². The van der Waals surface area contributed by atoms with Gasteiger partial charge >= 0.3 is 18.8 Å². The number of sulfonamides is 1. The number of hydrogen-bond acceptors (Lipinski definition) is 14. The monoisotopic (exact) mass is 772 g/mol. The van der Waals surface area contributed by atoms with Crippen LogP contribution >= 0.6 is 0 Å². The zero-order chi connectivity index (χ0) is 37.6. The molecule has 267 valence electrons. The van der Waals surface area contributed by atoms with Crippen molar-refractivity contribution in [2.75, 3.05) is 0 Å². The minimum Gasteiger partial charge on any atom is -0.857 e. The molecule has 4 aromatic carbocycles. The zero-order valence-corrected chi connectivity index (χ0v) is 29.6. The summed E-state index contributed by atoms with van der Waals surface area (Å²) in [6, 6.07) is 26.1. The van der Waals surface area contributed by atoms with Crippen molar-refractivity contribution in [2.45, 2.75) is 18.7 Å². The van der Waals surface area contributed by atoms with Crippen LogP contribution in [-0.4, -0.2) is 39.9 Å². The second kappa shape index (κ2) is 16.7. The molecule has 2 N–H and O–H groups in total. The Morgan fingerprint density at radius 2 is 1.06 bits per heavy atom. The molecular weight excluding hydrogens is 746 g/mol. The van der Waals surface area contributed by atoms with Crippen LogP contribution in [0.1, 0.15) is 33.5 Å². The number of aromatic carboxylic acids is 2. The molecule has 53 heavy (non-hydrogen) atoms. The number of carbonyl (C=O) groups excluding carboxylic acids is 2. The van der Waals surface area contributed by atoms with E-state index in [1.54, 1.807) is 49.4 Å². The number of carboxylic acids is 2. The Labute approximate surface area is 313 Å². The van der Waals surface area contributed by atoms with Crippen molar-refractivity contribution < 1.29 is 57.2 Å². The molecule has 17 nitrogen and oxygen atoms in total. The molecule has 0 aliphatic rings. The third-order valence-electron chi connectivity index (χ3n) is 7.13. The summed E-state index contributed by atoms with van der Waals surface area (Å²) in [6.07, 6.45) is 0. The number of azo groups is 2. The van der Waals surface area contributed by atoms with Gasteiger partial charge in [0.15, 0.2) is 0 Å². The first-order valence-electron chi connectivity index (χ1n) is 14.9. The largest absolute Gasteiger partial charge is 3.00 e. The maximum absolute atomic E-state index is 12.6. The van der Waals surface area contributed by atoms with E-state index in [9.17, 15) is 38.4 Å². The number of benzene rings is 4. The summed E-state index contributed by atoms with van der Waals surface area (Å²) >= 11 is 0. The summed E-state index contributed by atoms with van der Waals surface area (Å²) < 4.78 is 25.2. The maximum atomic E-state index is 12.6. The Morgan fingerprint density at radius 1 is 0.642 bits per heavy atom. The van der Waals surface area contributed by atoms with Gasteiger partial charge in [-0.25, -0.2) is 22.9 Å². The SMILES string of the molecule is Cc1nn(-c2cccc(S(N)(=O)=O)c2)c([O-])c1N=Nc1ccccc1C(=O)[O-].Cc1nn(-c2ccccc2)c([O-])c1N=Nc1ccccc1C(=O)[O-].[Cr+3].[H+]. The van der Waals surface area contributed by atoms with Gasteiger partial charge in [0.05, 0.1) is 51.0 Å². The standard InChI is InChI=1S/C17H15N5O5S.C17H14N4O3.Cr/c1-10-15(20-19-14-8-3-2-7-13(14)17(24)25)16(23)22(21-10)11-5-4-6-12(9-11)28(18,26)27;1-11-15(16(22)21(20-11)12-7-3-2-4-8-12)19-18-14-10-6-5-9-13(14)17(23)24;/h2-9,23H,1H3,(H,24,25)(H2,18,26,27);2-10,22H,1H3,(H,23,24);/q;;+3/p-3. The van der Waals surface area contributed by atoms with Gasteiger partial charge in [0.25, 0.3) is 0 Å². The molecule has 0 amide bonds. The van der Waals surface area contributed by atoms with Crippen LogP contribution in [0.2, 0.25) is 0 Å². The van der Waals surface area contributed by atoms with Crippen molar-refractivity contribution in [1.29, 1.82) is 0 Å². The average molecular weight is 773 g/mol. The Bertz CT molecular complexity index is 2470. The van der Waals surface area contributed by atoms with E-state index in [0.717, 1.165) is 4.68 Å². The molecule has 0 spiro atoms. The van der Waals surface area contributed by atoms with E-state index in [0.29, 0.717) is 11.4 Å². The van der Waals surface area contributed by atoms with Crippen LogP contribution in [0.3, 0.4) is 0 Å². The number of aromatic nitrogens is 4. The minimum absolute atomic E-state index is 0. The first-order valence-corrected chi connectivity index (χ1v) is 16.5. The molecule has 1 radical (unpaired) electrons. The first-order chi connectivity index (χ1) is 24.8. The van der Waals surface area contributed by atoms with Gasteiger partial charge in [0.1, 0.15) is 11.4 Å². The number of carbonyl (C=O) groups is 2. The number of aryl methyl sites for hydroxylation is 2. The second-order valence-electron chi connectivity index (χ2n) is 10.7. The predicted octanol–water partition coefficient (Wildman–Crippen LogP) is 2.82. The normalized spacial score (nSPS) is 11.2. The van der Waals surface area contributed by atoms with Crippen molar-refractivity contribution in [3.63, 3.8) is 0 Å². The molecule has 19 heteroatoms. The van der Waals surface area contributed by atoms with E-state index in [1.165, 1.54) is 66.2 Å². The molecule has 2 aromatic heterocycles. The Morgan fingerprint density at radius 3 is 1.51 bits per heavy atom. The molecule has 0 aliphatic carbocycles. The van der Waals surface area contributed by atoms with Crippen molar-refractivity contribution in [1.82, 2.24) is 19.6 Å².